The summed E-state index contributed by atoms with van der Waals surface area (Å²) in [6.45, 7) is 2.08. The number of carbonyl (C=O) groups excluding carboxylic acids is 1. The van der Waals surface area contributed by atoms with Crippen LogP contribution in [0.15, 0.2) is 48.5 Å². The van der Waals surface area contributed by atoms with Crippen molar-refractivity contribution in [3.05, 3.63) is 57.7 Å². The van der Waals surface area contributed by atoms with Gasteiger partial charge in [-0.2, -0.15) is 0 Å². The number of hydrogen-bond donors (Lipinski definition) is 1. The minimum absolute atomic E-state index is 0.0169. The molecule has 2 aromatic carbocycles. The van der Waals surface area contributed by atoms with Crippen LogP contribution in [-0.4, -0.2) is 12.5 Å². The Kier molecular flexibility index (Phi) is 5.40. The van der Waals surface area contributed by atoms with Gasteiger partial charge in [-0.1, -0.05) is 25.1 Å². The molecule has 1 amide bonds. The van der Waals surface area contributed by atoms with E-state index in [1.165, 1.54) is 0 Å². The van der Waals surface area contributed by atoms with Gasteiger partial charge in [-0.15, -0.1) is 0 Å². The van der Waals surface area contributed by atoms with Gasteiger partial charge in [0.05, 0.1) is 0 Å². The molecule has 0 fully saturated rings. The fraction of sp³-hybridized carbons (Fsp3) is 0.188. The zero-order chi connectivity index (χ0) is 14.4. The monoisotopic (exact) mass is 381 g/mol. The maximum Gasteiger partial charge on any atom is 0.262 e. The van der Waals surface area contributed by atoms with E-state index >= 15 is 0 Å². The van der Waals surface area contributed by atoms with Crippen molar-refractivity contribution in [2.45, 2.75) is 13.3 Å². The molecular formula is C16H16INO2. The molecule has 104 valence electrons. The highest BCUT2D eigenvalue weighted by atomic mass is 127. The van der Waals surface area contributed by atoms with Crippen LogP contribution in [0.3, 0.4) is 0 Å². The summed E-state index contributed by atoms with van der Waals surface area (Å²) in [6, 6.07) is 15.4. The lowest BCUT2D eigenvalue weighted by atomic mass is 10.1. The van der Waals surface area contributed by atoms with Gasteiger partial charge in [-0.25, -0.2) is 0 Å². The molecule has 0 spiro atoms. The highest BCUT2D eigenvalue weighted by Crippen LogP contribution is 2.18. The Bertz CT molecular complexity index is 581. The second kappa shape index (κ2) is 7.28. The number of anilines is 1. The fourth-order valence-corrected chi connectivity index (χ4v) is 2.17. The molecule has 1 N–H and O–H groups in total. The molecular weight excluding hydrogens is 365 g/mol. The Morgan fingerprint density at radius 2 is 1.85 bits per heavy atom. The van der Waals surface area contributed by atoms with Crippen LogP contribution in [0.5, 0.6) is 5.75 Å². The standard InChI is InChI=1S/C16H16INO2/c1-2-12-5-3-4-6-15(12)20-11-16(19)18-14-9-7-13(17)8-10-14/h3-10H,2,11H2,1H3,(H,18,19). The number of benzene rings is 2. The van der Waals surface area contributed by atoms with Crippen molar-refractivity contribution in [3.8, 4) is 5.75 Å². The topological polar surface area (TPSA) is 38.3 Å². The average Bonchev–Trinajstić information content (AvgIpc) is 2.48. The Morgan fingerprint density at radius 3 is 2.55 bits per heavy atom. The Morgan fingerprint density at radius 1 is 1.15 bits per heavy atom. The third-order valence-electron chi connectivity index (χ3n) is 2.84. The summed E-state index contributed by atoms with van der Waals surface area (Å²) in [7, 11) is 0. The van der Waals surface area contributed by atoms with E-state index in [1.807, 2.05) is 48.5 Å². The first-order valence-corrected chi connectivity index (χ1v) is 7.53. The van der Waals surface area contributed by atoms with Crippen molar-refractivity contribution < 1.29 is 9.53 Å². The molecule has 0 saturated heterocycles. The van der Waals surface area contributed by atoms with E-state index < -0.39 is 0 Å². The van der Waals surface area contributed by atoms with Gasteiger partial charge >= 0.3 is 0 Å². The average molecular weight is 381 g/mol. The zero-order valence-corrected chi connectivity index (χ0v) is 13.4. The number of carbonyl (C=O) groups is 1. The van der Waals surface area contributed by atoms with Crippen molar-refractivity contribution in [1.82, 2.24) is 0 Å². The van der Waals surface area contributed by atoms with Crippen LogP contribution in [0.4, 0.5) is 5.69 Å². The zero-order valence-electron chi connectivity index (χ0n) is 11.2. The largest absolute Gasteiger partial charge is 0.483 e. The highest BCUT2D eigenvalue weighted by molar-refractivity contribution is 14.1. The van der Waals surface area contributed by atoms with Crippen molar-refractivity contribution in [1.29, 1.82) is 0 Å². The number of para-hydroxylation sites is 1. The van der Waals surface area contributed by atoms with Crippen molar-refractivity contribution in [2.75, 3.05) is 11.9 Å². The SMILES string of the molecule is CCc1ccccc1OCC(=O)Nc1ccc(I)cc1. The molecule has 0 bridgehead atoms. The maximum absolute atomic E-state index is 11.8. The third-order valence-corrected chi connectivity index (χ3v) is 3.56. The number of aryl methyl sites for hydroxylation is 1. The number of halogens is 1. The number of amides is 1. The number of nitrogens with one attached hydrogen (secondary N) is 1. The van der Waals surface area contributed by atoms with Crippen molar-refractivity contribution in [2.24, 2.45) is 0 Å². The summed E-state index contributed by atoms with van der Waals surface area (Å²) in [5, 5.41) is 2.81. The van der Waals surface area contributed by atoms with Gasteiger partial charge < -0.3 is 10.1 Å². The van der Waals surface area contributed by atoms with E-state index in [0.29, 0.717) is 0 Å². The van der Waals surface area contributed by atoms with E-state index in [1.54, 1.807) is 0 Å². The smallest absolute Gasteiger partial charge is 0.262 e. The fourth-order valence-electron chi connectivity index (χ4n) is 1.81. The van der Waals surface area contributed by atoms with Crippen LogP contribution in [0.2, 0.25) is 0 Å². The first kappa shape index (κ1) is 14.8. The molecule has 0 aromatic heterocycles. The van der Waals surface area contributed by atoms with Crippen LogP contribution in [0.1, 0.15) is 12.5 Å². The predicted molar refractivity (Wildman–Crippen MR) is 89.1 cm³/mol. The van der Waals surface area contributed by atoms with Crippen LogP contribution >= 0.6 is 22.6 Å². The molecule has 0 aliphatic heterocycles. The van der Waals surface area contributed by atoms with Crippen LogP contribution in [0.25, 0.3) is 0 Å². The molecule has 0 aliphatic carbocycles. The highest BCUT2D eigenvalue weighted by Gasteiger charge is 2.06. The lowest BCUT2D eigenvalue weighted by Crippen LogP contribution is -2.20. The second-order valence-electron chi connectivity index (χ2n) is 4.31. The van der Waals surface area contributed by atoms with Crippen LogP contribution in [0, 0.1) is 3.57 Å². The van der Waals surface area contributed by atoms with Gasteiger partial charge in [0.25, 0.3) is 5.91 Å². The predicted octanol–water partition coefficient (Wildman–Crippen LogP) is 3.87. The lowest BCUT2D eigenvalue weighted by molar-refractivity contribution is -0.118. The molecule has 0 saturated carbocycles. The first-order chi connectivity index (χ1) is 9.69. The van der Waals surface area contributed by atoms with Gasteiger partial charge in [0.15, 0.2) is 6.61 Å². The van der Waals surface area contributed by atoms with Gasteiger partial charge in [-0.3, -0.25) is 4.79 Å². The van der Waals surface area contributed by atoms with Gasteiger partial charge in [0, 0.05) is 9.26 Å². The van der Waals surface area contributed by atoms with Crippen molar-refractivity contribution >= 4 is 34.2 Å². The molecule has 0 heterocycles. The maximum atomic E-state index is 11.8. The number of rotatable bonds is 5. The molecule has 2 aromatic rings. The lowest BCUT2D eigenvalue weighted by Gasteiger charge is -2.10. The summed E-state index contributed by atoms with van der Waals surface area (Å²) >= 11 is 2.22. The Hall–Kier alpha value is -1.56. The van der Waals surface area contributed by atoms with Gasteiger partial charge in [0.1, 0.15) is 5.75 Å². The molecule has 0 radical (unpaired) electrons. The number of hydrogen-bond acceptors (Lipinski definition) is 2. The summed E-state index contributed by atoms with van der Waals surface area (Å²) in [5.74, 6) is 0.616. The second-order valence-corrected chi connectivity index (χ2v) is 5.55. The molecule has 0 aliphatic rings. The molecule has 0 unspecified atom stereocenters. The summed E-state index contributed by atoms with van der Waals surface area (Å²) in [6.07, 6.45) is 0.884. The molecule has 0 atom stereocenters. The van der Waals surface area contributed by atoms with E-state index in [4.69, 9.17) is 4.74 Å². The Balaban J connectivity index is 1.90. The normalized spacial score (nSPS) is 10.1. The van der Waals surface area contributed by atoms with Crippen LogP contribution < -0.4 is 10.1 Å². The van der Waals surface area contributed by atoms with E-state index in [2.05, 4.69) is 34.8 Å². The quantitative estimate of drug-likeness (QED) is 0.799. The minimum Gasteiger partial charge on any atom is -0.483 e. The van der Waals surface area contributed by atoms with E-state index in [0.717, 1.165) is 27.0 Å². The third kappa shape index (κ3) is 4.23. The first-order valence-electron chi connectivity index (χ1n) is 6.45. The summed E-state index contributed by atoms with van der Waals surface area (Å²) in [5.41, 5.74) is 1.89. The summed E-state index contributed by atoms with van der Waals surface area (Å²) < 4.78 is 6.71. The summed E-state index contributed by atoms with van der Waals surface area (Å²) in [4.78, 5) is 11.8. The molecule has 4 heteroatoms. The van der Waals surface area contributed by atoms with Crippen LogP contribution in [-0.2, 0) is 11.2 Å². The number of ether oxygens (including phenoxy) is 1. The molecule has 2 rings (SSSR count). The van der Waals surface area contributed by atoms with E-state index in [-0.39, 0.29) is 12.5 Å². The van der Waals surface area contributed by atoms with Gasteiger partial charge in [-0.05, 0) is 64.9 Å². The Labute approximate surface area is 132 Å². The molecule has 20 heavy (non-hydrogen) atoms. The van der Waals surface area contributed by atoms with Gasteiger partial charge in [0.2, 0.25) is 0 Å². The van der Waals surface area contributed by atoms with Crippen molar-refractivity contribution in [3.63, 3.8) is 0 Å². The molecule has 3 nitrogen and oxygen atoms in total. The minimum atomic E-state index is -0.155. The van der Waals surface area contributed by atoms with E-state index in [9.17, 15) is 4.79 Å².